The number of amides is 1. The van der Waals surface area contributed by atoms with Gasteiger partial charge in [-0.2, -0.15) is 0 Å². The largest absolute Gasteiger partial charge is 0.352 e. The Morgan fingerprint density at radius 2 is 1.89 bits per heavy atom. The number of imidazole rings is 1. The van der Waals surface area contributed by atoms with Gasteiger partial charge in [-0.05, 0) is 37.6 Å². The van der Waals surface area contributed by atoms with Crippen molar-refractivity contribution >= 4 is 22.2 Å². The van der Waals surface area contributed by atoms with E-state index in [1.165, 1.54) is 5.56 Å². The summed E-state index contributed by atoms with van der Waals surface area (Å²) < 4.78 is 2.09. The SMILES string of the molecule is CCN(CC)Cc1ccc(CNC(=O)CCc2csc3nc(C)cn23)cc1. The third-order valence-corrected chi connectivity index (χ3v) is 5.71. The summed E-state index contributed by atoms with van der Waals surface area (Å²) in [4.78, 5) is 20.0. The van der Waals surface area contributed by atoms with Crippen molar-refractivity contribution in [2.24, 2.45) is 0 Å². The number of fused-ring (bicyclic) bond motifs is 1. The van der Waals surface area contributed by atoms with Crippen LogP contribution in [0.5, 0.6) is 0 Å². The molecule has 1 amide bonds. The van der Waals surface area contributed by atoms with E-state index in [1.54, 1.807) is 11.3 Å². The molecule has 3 rings (SSSR count). The maximum absolute atomic E-state index is 12.2. The third kappa shape index (κ3) is 5.17. The van der Waals surface area contributed by atoms with Crippen LogP contribution in [0.2, 0.25) is 0 Å². The van der Waals surface area contributed by atoms with Gasteiger partial charge in [0.15, 0.2) is 4.96 Å². The Morgan fingerprint density at radius 1 is 1.19 bits per heavy atom. The van der Waals surface area contributed by atoms with E-state index < -0.39 is 0 Å². The highest BCUT2D eigenvalue weighted by Gasteiger charge is 2.09. The number of carbonyl (C=O) groups excluding carboxylic acids is 1. The molecule has 27 heavy (non-hydrogen) atoms. The van der Waals surface area contributed by atoms with Gasteiger partial charge in [0.2, 0.25) is 5.91 Å². The Labute approximate surface area is 165 Å². The van der Waals surface area contributed by atoms with Gasteiger partial charge in [-0.1, -0.05) is 38.1 Å². The van der Waals surface area contributed by atoms with Crippen molar-refractivity contribution in [2.75, 3.05) is 13.1 Å². The molecule has 0 saturated carbocycles. The highest BCUT2D eigenvalue weighted by molar-refractivity contribution is 7.15. The molecule has 2 aromatic heterocycles. The molecule has 2 heterocycles. The van der Waals surface area contributed by atoms with Crippen molar-refractivity contribution in [1.29, 1.82) is 0 Å². The van der Waals surface area contributed by atoms with Crippen LogP contribution in [-0.4, -0.2) is 33.3 Å². The zero-order chi connectivity index (χ0) is 19.2. The standard InChI is InChI=1S/C21H28N4OS/c1-4-24(5-2)14-18-8-6-17(7-9-18)12-22-20(26)11-10-19-15-27-21-23-16(3)13-25(19)21/h6-9,13,15H,4-5,10-12,14H2,1-3H3,(H,22,26). The van der Waals surface area contributed by atoms with Crippen molar-refractivity contribution in [2.45, 2.75) is 46.7 Å². The Bertz CT molecular complexity index is 877. The Morgan fingerprint density at radius 3 is 2.59 bits per heavy atom. The fourth-order valence-electron chi connectivity index (χ4n) is 3.12. The number of nitrogens with one attached hydrogen (secondary N) is 1. The molecule has 3 aromatic rings. The molecule has 0 spiro atoms. The predicted molar refractivity (Wildman–Crippen MR) is 111 cm³/mol. The van der Waals surface area contributed by atoms with E-state index in [1.807, 2.05) is 13.1 Å². The zero-order valence-corrected chi connectivity index (χ0v) is 17.2. The van der Waals surface area contributed by atoms with E-state index >= 15 is 0 Å². The lowest BCUT2D eigenvalue weighted by atomic mass is 10.1. The van der Waals surface area contributed by atoms with E-state index in [4.69, 9.17) is 0 Å². The first kappa shape index (κ1) is 19.6. The van der Waals surface area contributed by atoms with E-state index in [-0.39, 0.29) is 5.91 Å². The maximum Gasteiger partial charge on any atom is 0.220 e. The van der Waals surface area contributed by atoms with E-state index in [0.29, 0.717) is 13.0 Å². The van der Waals surface area contributed by atoms with Gasteiger partial charge < -0.3 is 5.32 Å². The van der Waals surface area contributed by atoms with Crippen LogP contribution >= 0.6 is 11.3 Å². The van der Waals surface area contributed by atoms with Crippen LogP contribution in [0.25, 0.3) is 4.96 Å². The minimum atomic E-state index is 0.0819. The number of hydrogen-bond donors (Lipinski definition) is 1. The summed E-state index contributed by atoms with van der Waals surface area (Å²) in [7, 11) is 0. The van der Waals surface area contributed by atoms with E-state index in [2.05, 4.69) is 63.1 Å². The predicted octanol–water partition coefficient (Wildman–Crippen LogP) is 3.80. The van der Waals surface area contributed by atoms with Gasteiger partial charge in [0.05, 0.1) is 5.69 Å². The van der Waals surface area contributed by atoms with E-state index in [9.17, 15) is 4.79 Å². The van der Waals surface area contributed by atoms with Gasteiger partial charge in [-0.3, -0.25) is 14.1 Å². The summed E-state index contributed by atoms with van der Waals surface area (Å²) >= 11 is 1.62. The lowest BCUT2D eigenvalue weighted by Crippen LogP contribution is -2.23. The minimum absolute atomic E-state index is 0.0819. The zero-order valence-electron chi connectivity index (χ0n) is 16.4. The number of thiazole rings is 1. The molecule has 0 saturated heterocycles. The lowest BCUT2D eigenvalue weighted by molar-refractivity contribution is -0.121. The normalized spacial score (nSPS) is 11.4. The fourth-order valence-corrected chi connectivity index (χ4v) is 4.07. The molecular weight excluding hydrogens is 356 g/mol. The number of nitrogens with zero attached hydrogens (tertiary/aromatic N) is 3. The van der Waals surface area contributed by atoms with Crippen molar-refractivity contribution in [3.63, 3.8) is 0 Å². The molecule has 144 valence electrons. The quantitative estimate of drug-likeness (QED) is 0.611. The number of benzene rings is 1. The number of aryl methyl sites for hydroxylation is 2. The smallest absolute Gasteiger partial charge is 0.220 e. The van der Waals surface area contributed by atoms with Crippen molar-refractivity contribution < 1.29 is 4.79 Å². The Balaban J connectivity index is 1.46. The molecule has 0 bridgehead atoms. The molecule has 0 unspecified atom stereocenters. The van der Waals surface area contributed by atoms with Crippen LogP contribution in [0.15, 0.2) is 35.8 Å². The van der Waals surface area contributed by atoms with Crippen molar-refractivity contribution in [3.8, 4) is 0 Å². The monoisotopic (exact) mass is 384 g/mol. The summed E-state index contributed by atoms with van der Waals surface area (Å²) in [5.74, 6) is 0.0819. The topological polar surface area (TPSA) is 49.6 Å². The number of carbonyl (C=O) groups is 1. The fraction of sp³-hybridized carbons (Fsp3) is 0.429. The first-order chi connectivity index (χ1) is 13.1. The van der Waals surface area contributed by atoms with Crippen LogP contribution in [0.3, 0.4) is 0 Å². The van der Waals surface area contributed by atoms with Crippen LogP contribution in [0.1, 0.15) is 42.8 Å². The molecule has 1 N–H and O–H groups in total. The van der Waals surface area contributed by atoms with Crippen LogP contribution in [0.4, 0.5) is 0 Å². The second kappa shape index (κ2) is 9.15. The van der Waals surface area contributed by atoms with Gasteiger partial charge >= 0.3 is 0 Å². The minimum Gasteiger partial charge on any atom is -0.352 e. The molecule has 0 fully saturated rings. The molecule has 5 nitrogen and oxygen atoms in total. The highest BCUT2D eigenvalue weighted by atomic mass is 32.1. The second-order valence-corrected chi connectivity index (χ2v) is 7.65. The first-order valence-corrected chi connectivity index (χ1v) is 10.5. The average molecular weight is 385 g/mol. The van der Waals surface area contributed by atoms with Crippen LogP contribution < -0.4 is 5.32 Å². The summed E-state index contributed by atoms with van der Waals surface area (Å²) in [6.07, 6.45) is 3.24. The molecular formula is C21H28N4OS. The van der Waals surface area contributed by atoms with Gasteiger partial charge in [0.1, 0.15) is 0 Å². The van der Waals surface area contributed by atoms with Gasteiger partial charge in [-0.15, -0.1) is 11.3 Å². The van der Waals surface area contributed by atoms with Gasteiger partial charge in [0, 0.05) is 36.8 Å². The Kier molecular flexibility index (Phi) is 6.63. The maximum atomic E-state index is 12.2. The molecule has 0 aliphatic heterocycles. The van der Waals surface area contributed by atoms with Gasteiger partial charge in [0.25, 0.3) is 0 Å². The number of hydrogen-bond acceptors (Lipinski definition) is 4. The van der Waals surface area contributed by atoms with Gasteiger partial charge in [-0.25, -0.2) is 4.98 Å². The van der Waals surface area contributed by atoms with Crippen LogP contribution in [-0.2, 0) is 24.3 Å². The number of rotatable bonds is 9. The molecule has 0 aliphatic rings. The molecule has 1 aromatic carbocycles. The second-order valence-electron chi connectivity index (χ2n) is 6.82. The highest BCUT2D eigenvalue weighted by Crippen LogP contribution is 2.17. The first-order valence-electron chi connectivity index (χ1n) is 9.58. The molecule has 6 heteroatoms. The summed E-state index contributed by atoms with van der Waals surface area (Å²) in [6, 6.07) is 8.53. The average Bonchev–Trinajstić information content (AvgIpc) is 3.22. The van der Waals surface area contributed by atoms with Crippen molar-refractivity contribution in [3.05, 3.63) is 58.4 Å². The summed E-state index contributed by atoms with van der Waals surface area (Å²) in [6.45, 7) is 10.0. The third-order valence-electron chi connectivity index (χ3n) is 4.83. The summed E-state index contributed by atoms with van der Waals surface area (Å²) in [5, 5.41) is 5.11. The van der Waals surface area contributed by atoms with E-state index in [0.717, 1.165) is 48.0 Å². The van der Waals surface area contributed by atoms with Crippen molar-refractivity contribution in [1.82, 2.24) is 19.6 Å². The molecule has 0 radical (unpaired) electrons. The number of aromatic nitrogens is 2. The summed E-state index contributed by atoms with van der Waals surface area (Å²) in [5.41, 5.74) is 4.60. The lowest BCUT2D eigenvalue weighted by Gasteiger charge is -2.18. The van der Waals surface area contributed by atoms with Crippen LogP contribution in [0, 0.1) is 6.92 Å². The molecule has 0 aliphatic carbocycles. The molecule has 0 atom stereocenters. The Hall–Kier alpha value is -2.18.